The zero-order valence-electron chi connectivity index (χ0n) is 5.79. The second-order valence-corrected chi connectivity index (χ2v) is 2.12. The molecule has 4 nitrogen and oxygen atoms in total. The second kappa shape index (κ2) is 4.65. The van der Waals surface area contributed by atoms with Crippen LogP contribution in [0.4, 0.5) is 4.39 Å². The van der Waals surface area contributed by atoms with Gasteiger partial charge in [-0.2, -0.15) is 0 Å². The number of carboxylic acids is 2. The molecule has 1 unspecified atom stereocenters. The van der Waals surface area contributed by atoms with Crippen molar-refractivity contribution in [1.29, 1.82) is 0 Å². The lowest BCUT2D eigenvalue weighted by molar-refractivity contribution is -0.143. The third-order valence-electron chi connectivity index (χ3n) is 1.24. The second-order valence-electron chi connectivity index (χ2n) is 2.12. The third-order valence-corrected chi connectivity index (χ3v) is 1.24. The van der Waals surface area contributed by atoms with Crippen LogP contribution in [0.1, 0.15) is 12.8 Å². The van der Waals surface area contributed by atoms with Crippen LogP contribution in [0.2, 0.25) is 0 Å². The standard InChI is InChI=1S/C6H9FO4/c7-3-4(6(10)11)1-2-5(8)9/h4H,1-3H2,(H,8,9)(H,10,11). The first-order chi connectivity index (χ1) is 5.07. The molecule has 64 valence electrons. The molecule has 0 bridgehead atoms. The van der Waals surface area contributed by atoms with Gasteiger partial charge in [0, 0.05) is 6.42 Å². The molecule has 5 heteroatoms. The van der Waals surface area contributed by atoms with Crippen molar-refractivity contribution in [2.45, 2.75) is 12.8 Å². The molecule has 11 heavy (non-hydrogen) atoms. The summed E-state index contributed by atoms with van der Waals surface area (Å²) >= 11 is 0. The molecule has 0 heterocycles. The van der Waals surface area contributed by atoms with E-state index in [1.165, 1.54) is 0 Å². The van der Waals surface area contributed by atoms with Crippen LogP contribution in [0.5, 0.6) is 0 Å². The van der Waals surface area contributed by atoms with Crippen molar-refractivity contribution in [3.63, 3.8) is 0 Å². The highest BCUT2D eigenvalue weighted by Gasteiger charge is 2.17. The number of carboxylic acid groups (broad SMARTS) is 2. The van der Waals surface area contributed by atoms with Gasteiger partial charge in [-0.3, -0.25) is 14.0 Å². The Morgan fingerprint density at radius 1 is 1.36 bits per heavy atom. The number of hydrogen-bond donors (Lipinski definition) is 2. The van der Waals surface area contributed by atoms with Gasteiger partial charge in [-0.25, -0.2) is 0 Å². The van der Waals surface area contributed by atoms with Crippen LogP contribution in [0.25, 0.3) is 0 Å². The quantitative estimate of drug-likeness (QED) is 0.621. The molecule has 0 aromatic carbocycles. The van der Waals surface area contributed by atoms with Crippen LogP contribution in [0.3, 0.4) is 0 Å². The maximum absolute atomic E-state index is 11.8. The van der Waals surface area contributed by atoms with Gasteiger partial charge >= 0.3 is 11.9 Å². The summed E-state index contributed by atoms with van der Waals surface area (Å²) in [6.45, 7) is -1.01. The van der Waals surface area contributed by atoms with E-state index in [1.54, 1.807) is 0 Å². The minimum absolute atomic E-state index is 0.152. The normalized spacial score (nSPS) is 12.5. The Labute approximate surface area is 62.6 Å². The maximum atomic E-state index is 11.8. The molecule has 1 atom stereocenters. The summed E-state index contributed by atoms with van der Waals surface area (Å²) in [6, 6.07) is 0. The lowest BCUT2D eigenvalue weighted by Gasteiger charge is -2.03. The number of hydrogen-bond acceptors (Lipinski definition) is 2. The molecular formula is C6H9FO4. The van der Waals surface area contributed by atoms with Crippen LogP contribution in [-0.2, 0) is 9.59 Å². The SMILES string of the molecule is O=C(O)CCC(CF)C(=O)O. The fourth-order valence-electron chi connectivity index (χ4n) is 0.564. The first kappa shape index (κ1) is 9.87. The van der Waals surface area contributed by atoms with Gasteiger partial charge < -0.3 is 10.2 Å². The maximum Gasteiger partial charge on any atom is 0.309 e. The number of aliphatic carboxylic acids is 2. The van der Waals surface area contributed by atoms with Crippen LogP contribution in [0, 0.1) is 5.92 Å². The van der Waals surface area contributed by atoms with Gasteiger partial charge in [0.15, 0.2) is 0 Å². The van der Waals surface area contributed by atoms with Gasteiger partial charge in [0.2, 0.25) is 0 Å². The predicted molar refractivity (Wildman–Crippen MR) is 34.0 cm³/mol. The number of rotatable bonds is 5. The van der Waals surface area contributed by atoms with E-state index in [4.69, 9.17) is 10.2 Å². The Morgan fingerprint density at radius 3 is 2.18 bits per heavy atom. The van der Waals surface area contributed by atoms with Crippen molar-refractivity contribution in [2.24, 2.45) is 5.92 Å². The molecule has 0 aromatic heterocycles. The van der Waals surface area contributed by atoms with Crippen LogP contribution in [-0.4, -0.2) is 28.8 Å². The summed E-state index contributed by atoms with van der Waals surface area (Å²) < 4.78 is 11.8. The van der Waals surface area contributed by atoms with Gasteiger partial charge in [-0.1, -0.05) is 0 Å². The van der Waals surface area contributed by atoms with Gasteiger partial charge in [0.1, 0.15) is 6.67 Å². The highest BCUT2D eigenvalue weighted by atomic mass is 19.1. The van der Waals surface area contributed by atoms with Gasteiger partial charge in [-0.15, -0.1) is 0 Å². The van der Waals surface area contributed by atoms with Crippen molar-refractivity contribution >= 4 is 11.9 Å². The van der Waals surface area contributed by atoms with Crippen molar-refractivity contribution in [3.05, 3.63) is 0 Å². The molecule has 0 amide bonds. The molecule has 0 rings (SSSR count). The number of halogens is 1. The van der Waals surface area contributed by atoms with E-state index in [2.05, 4.69) is 0 Å². The molecule has 0 saturated carbocycles. The Balaban J connectivity index is 3.70. The molecule has 0 aromatic rings. The summed E-state index contributed by atoms with van der Waals surface area (Å²) in [6.07, 6.45) is -0.456. The molecule has 0 fully saturated rings. The fourth-order valence-corrected chi connectivity index (χ4v) is 0.564. The van der Waals surface area contributed by atoms with Crippen molar-refractivity contribution < 1.29 is 24.2 Å². The Hall–Kier alpha value is -1.13. The smallest absolute Gasteiger partial charge is 0.309 e. The fraction of sp³-hybridized carbons (Fsp3) is 0.667. The van der Waals surface area contributed by atoms with E-state index in [0.717, 1.165) is 0 Å². The van der Waals surface area contributed by atoms with Crippen molar-refractivity contribution in [2.75, 3.05) is 6.67 Å². The Morgan fingerprint density at radius 2 is 1.91 bits per heavy atom. The van der Waals surface area contributed by atoms with Crippen molar-refractivity contribution in [3.8, 4) is 0 Å². The summed E-state index contributed by atoms with van der Waals surface area (Å²) in [5.74, 6) is -3.57. The topological polar surface area (TPSA) is 74.6 Å². The minimum atomic E-state index is -1.28. The van der Waals surface area contributed by atoms with E-state index in [-0.39, 0.29) is 12.8 Å². The molecular weight excluding hydrogens is 155 g/mol. The molecule has 2 N–H and O–H groups in total. The molecule has 0 spiro atoms. The summed E-state index contributed by atoms with van der Waals surface area (Å²) in [7, 11) is 0. The van der Waals surface area contributed by atoms with Crippen molar-refractivity contribution in [1.82, 2.24) is 0 Å². The first-order valence-corrected chi connectivity index (χ1v) is 3.08. The van der Waals surface area contributed by atoms with Crippen LogP contribution in [0.15, 0.2) is 0 Å². The zero-order chi connectivity index (χ0) is 8.85. The average molecular weight is 164 g/mol. The molecule has 0 aliphatic heterocycles. The zero-order valence-corrected chi connectivity index (χ0v) is 5.79. The van der Waals surface area contributed by atoms with Gasteiger partial charge in [-0.05, 0) is 6.42 Å². The highest BCUT2D eigenvalue weighted by Crippen LogP contribution is 2.06. The minimum Gasteiger partial charge on any atom is -0.481 e. The first-order valence-electron chi connectivity index (χ1n) is 3.08. The van der Waals surface area contributed by atoms with Gasteiger partial charge in [0.25, 0.3) is 0 Å². The number of carbonyl (C=O) groups is 2. The molecule has 0 aliphatic rings. The van der Waals surface area contributed by atoms with Crippen LogP contribution < -0.4 is 0 Å². The molecule has 0 radical (unpaired) electrons. The Kier molecular flexibility index (Phi) is 4.17. The summed E-state index contributed by atoms with van der Waals surface area (Å²) in [5.41, 5.74) is 0. The third kappa shape index (κ3) is 4.30. The largest absolute Gasteiger partial charge is 0.481 e. The average Bonchev–Trinajstić information content (AvgIpc) is 1.87. The van der Waals surface area contributed by atoms with E-state index in [0.29, 0.717) is 0 Å². The summed E-state index contributed by atoms with van der Waals surface area (Å²) in [4.78, 5) is 20.0. The predicted octanol–water partition coefficient (Wildman–Crippen LogP) is 0.522. The highest BCUT2D eigenvalue weighted by molar-refractivity contribution is 5.72. The van der Waals surface area contributed by atoms with E-state index >= 15 is 0 Å². The monoisotopic (exact) mass is 164 g/mol. The van der Waals surface area contributed by atoms with Crippen LogP contribution >= 0.6 is 0 Å². The van der Waals surface area contributed by atoms with E-state index < -0.39 is 24.5 Å². The van der Waals surface area contributed by atoms with Gasteiger partial charge in [0.05, 0.1) is 5.92 Å². The lowest BCUT2D eigenvalue weighted by Crippen LogP contribution is -2.16. The summed E-state index contributed by atoms with van der Waals surface area (Å²) in [5, 5.41) is 16.4. The van der Waals surface area contributed by atoms with E-state index in [1.807, 2.05) is 0 Å². The lowest BCUT2D eigenvalue weighted by atomic mass is 10.1. The Bertz CT molecular complexity index is 157. The van der Waals surface area contributed by atoms with E-state index in [9.17, 15) is 14.0 Å². The number of alkyl halides is 1. The molecule has 0 aliphatic carbocycles. The molecule has 0 saturated heterocycles.